The summed E-state index contributed by atoms with van der Waals surface area (Å²) < 4.78 is 4.98. The SMILES string of the molecule is Nc1cccc2sc3ccc(C4=CCCC=C4n4c5ccccc5c5ccccc54)cc3c12. The number of nitrogen functional groups attached to an aromatic ring is 1. The van der Waals surface area contributed by atoms with Crippen molar-refractivity contribution in [3.05, 3.63) is 103 Å². The van der Waals surface area contributed by atoms with E-state index in [1.807, 2.05) is 23.5 Å². The lowest BCUT2D eigenvalue weighted by Gasteiger charge is -2.20. The number of allylic oxidation sites excluding steroid dienone is 4. The van der Waals surface area contributed by atoms with Gasteiger partial charge in [-0.1, -0.05) is 60.7 Å². The molecule has 2 heterocycles. The highest BCUT2D eigenvalue weighted by molar-refractivity contribution is 7.26. The largest absolute Gasteiger partial charge is 0.398 e. The van der Waals surface area contributed by atoms with Gasteiger partial charge in [0.15, 0.2) is 0 Å². The normalized spacial score (nSPS) is 14.3. The second-order valence-electron chi connectivity index (χ2n) is 8.69. The summed E-state index contributed by atoms with van der Waals surface area (Å²) in [4.78, 5) is 0. The van der Waals surface area contributed by atoms with Crippen molar-refractivity contribution in [2.75, 3.05) is 5.73 Å². The molecule has 4 aromatic carbocycles. The highest BCUT2D eigenvalue weighted by atomic mass is 32.1. The van der Waals surface area contributed by atoms with E-state index in [9.17, 15) is 0 Å². The van der Waals surface area contributed by atoms with Gasteiger partial charge in [0.25, 0.3) is 0 Å². The van der Waals surface area contributed by atoms with Crippen molar-refractivity contribution in [1.29, 1.82) is 0 Å². The number of nitrogens with zero attached hydrogens (tertiary/aromatic N) is 1. The Kier molecular flexibility index (Phi) is 4.02. The van der Waals surface area contributed by atoms with Crippen LogP contribution in [0.1, 0.15) is 18.4 Å². The van der Waals surface area contributed by atoms with Crippen LogP contribution in [0.25, 0.3) is 53.2 Å². The Balaban J connectivity index is 1.48. The summed E-state index contributed by atoms with van der Waals surface area (Å²) >= 11 is 1.81. The molecule has 3 heteroatoms. The number of nitrogens with two attached hydrogens (primary N) is 1. The zero-order valence-corrected chi connectivity index (χ0v) is 18.9. The lowest BCUT2D eigenvalue weighted by Crippen LogP contribution is -2.03. The lowest BCUT2D eigenvalue weighted by atomic mass is 9.94. The quantitative estimate of drug-likeness (QED) is 0.268. The third kappa shape index (κ3) is 2.73. The molecule has 0 amide bonds. The summed E-state index contributed by atoms with van der Waals surface area (Å²) in [6, 6.07) is 30.5. The van der Waals surface area contributed by atoms with E-state index in [4.69, 9.17) is 5.73 Å². The fourth-order valence-electron chi connectivity index (χ4n) is 5.34. The first-order valence-electron chi connectivity index (χ1n) is 11.4. The van der Waals surface area contributed by atoms with Gasteiger partial charge >= 0.3 is 0 Å². The summed E-state index contributed by atoms with van der Waals surface area (Å²) in [6.45, 7) is 0. The standard InChI is InChI=1S/C30H22N2S/c31-24-11-7-15-29-30(24)23-18-19(16-17-28(23)33-29)20-8-1-4-12-25(20)32-26-13-5-2-9-21(26)22-10-3-6-14-27(22)32/h2-3,5-18H,1,4,31H2. The van der Waals surface area contributed by atoms with Gasteiger partial charge < -0.3 is 10.3 Å². The second kappa shape index (κ2) is 7.09. The molecule has 0 spiro atoms. The average Bonchev–Trinajstić information content (AvgIpc) is 3.40. The van der Waals surface area contributed by atoms with Crippen LogP contribution < -0.4 is 5.73 Å². The van der Waals surface area contributed by atoms with Crippen LogP contribution in [0.15, 0.2) is 97.1 Å². The molecule has 2 nitrogen and oxygen atoms in total. The number of benzene rings is 4. The fourth-order valence-corrected chi connectivity index (χ4v) is 6.46. The topological polar surface area (TPSA) is 30.9 Å². The minimum atomic E-state index is 0.853. The first-order valence-corrected chi connectivity index (χ1v) is 12.2. The van der Waals surface area contributed by atoms with Crippen LogP contribution >= 0.6 is 11.3 Å². The molecule has 6 aromatic rings. The van der Waals surface area contributed by atoms with E-state index in [0.29, 0.717) is 0 Å². The van der Waals surface area contributed by atoms with E-state index in [1.54, 1.807) is 0 Å². The van der Waals surface area contributed by atoms with Crippen molar-refractivity contribution < 1.29 is 0 Å². The van der Waals surface area contributed by atoms with E-state index < -0.39 is 0 Å². The van der Waals surface area contributed by atoms with Crippen LogP contribution in [0.2, 0.25) is 0 Å². The number of hydrogen-bond acceptors (Lipinski definition) is 2. The summed E-state index contributed by atoms with van der Waals surface area (Å²) in [5.41, 5.74) is 13.6. The number of aromatic nitrogens is 1. The van der Waals surface area contributed by atoms with Gasteiger partial charge in [-0.2, -0.15) is 0 Å². The molecule has 158 valence electrons. The first kappa shape index (κ1) is 18.7. The van der Waals surface area contributed by atoms with Crippen LogP contribution in [-0.4, -0.2) is 4.57 Å². The molecule has 7 rings (SSSR count). The molecule has 1 aliphatic rings. The van der Waals surface area contributed by atoms with Crippen molar-refractivity contribution >= 4 is 70.3 Å². The van der Waals surface area contributed by atoms with E-state index in [1.165, 1.54) is 58.8 Å². The minimum absolute atomic E-state index is 0.853. The molecular weight excluding hydrogens is 420 g/mol. The molecule has 33 heavy (non-hydrogen) atoms. The maximum atomic E-state index is 6.40. The molecule has 0 aliphatic heterocycles. The molecule has 0 atom stereocenters. The Bertz CT molecular complexity index is 1720. The average molecular weight is 443 g/mol. The highest BCUT2D eigenvalue weighted by Crippen LogP contribution is 2.42. The molecular formula is C30H22N2S. The third-order valence-electron chi connectivity index (χ3n) is 6.79. The van der Waals surface area contributed by atoms with Gasteiger partial charge in [0.2, 0.25) is 0 Å². The molecule has 0 saturated heterocycles. The smallest absolute Gasteiger partial charge is 0.0541 e. The second-order valence-corrected chi connectivity index (χ2v) is 9.77. The Hall–Kier alpha value is -3.82. The van der Waals surface area contributed by atoms with Crippen LogP contribution in [0.4, 0.5) is 5.69 Å². The van der Waals surface area contributed by atoms with Gasteiger partial charge in [-0.25, -0.2) is 0 Å². The number of thiophene rings is 1. The number of para-hydroxylation sites is 2. The monoisotopic (exact) mass is 442 g/mol. The molecule has 0 radical (unpaired) electrons. The van der Waals surface area contributed by atoms with Crippen molar-refractivity contribution in [3.63, 3.8) is 0 Å². The predicted octanol–water partition coefficient (Wildman–Crippen LogP) is 8.46. The zero-order valence-electron chi connectivity index (χ0n) is 18.1. The number of fused-ring (bicyclic) bond motifs is 6. The van der Waals surface area contributed by atoms with Gasteiger partial charge in [0.05, 0.1) is 11.0 Å². The third-order valence-corrected chi connectivity index (χ3v) is 7.92. The summed E-state index contributed by atoms with van der Waals surface area (Å²) in [7, 11) is 0. The van der Waals surface area contributed by atoms with E-state index in [2.05, 4.69) is 89.5 Å². The Morgan fingerprint density at radius 1 is 0.667 bits per heavy atom. The highest BCUT2D eigenvalue weighted by Gasteiger charge is 2.19. The number of rotatable bonds is 2. The first-order chi connectivity index (χ1) is 16.3. The fraction of sp³-hybridized carbons (Fsp3) is 0.0667. The Morgan fingerprint density at radius 2 is 1.39 bits per heavy atom. The van der Waals surface area contributed by atoms with Crippen molar-refractivity contribution in [2.45, 2.75) is 12.8 Å². The van der Waals surface area contributed by atoms with Crippen LogP contribution in [0.5, 0.6) is 0 Å². The van der Waals surface area contributed by atoms with E-state index >= 15 is 0 Å². The van der Waals surface area contributed by atoms with Crippen molar-refractivity contribution in [1.82, 2.24) is 4.57 Å². The summed E-state index contributed by atoms with van der Waals surface area (Å²) in [5, 5.41) is 5.02. The Morgan fingerprint density at radius 3 is 2.18 bits per heavy atom. The lowest BCUT2D eigenvalue weighted by molar-refractivity contribution is 1.02. The van der Waals surface area contributed by atoms with Crippen LogP contribution in [0, 0.1) is 0 Å². The number of hydrogen-bond donors (Lipinski definition) is 1. The van der Waals surface area contributed by atoms with Crippen molar-refractivity contribution in [2.24, 2.45) is 0 Å². The van der Waals surface area contributed by atoms with Crippen LogP contribution in [0.3, 0.4) is 0 Å². The predicted molar refractivity (Wildman–Crippen MR) is 145 cm³/mol. The van der Waals surface area contributed by atoms with Gasteiger partial charge in [-0.3, -0.25) is 0 Å². The molecule has 1 aliphatic carbocycles. The Labute approximate surface area is 195 Å². The van der Waals surface area contributed by atoms with E-state index in [-0.39, 0.29) is 0 Å². The molecule has 2 aromatic heterocycles. The molecule has 0 fully saturated rings. The number of anilines is 1. The van der Waals surface area contributed by atoms with Crippen LogP contribution in [-0.2, 0) is 0 Å². The van der Waals surface area contributed by atoms with Gasteiger partial charge in [-0.05, 0) is 54.8 Å². The zero-order chi connectivity index (χ0) is 21.9. The van der Waals surface area contributed by atoms with E-state index in [0.717, 1.165) is 18.5 Å². The molecule has 0 bridgehead atoms. The minimum Gasteiger partial charge on any atom is -0.398 e. The molecule has 0 unspecified atom stereocenters. The molecule has 0 saturated carbocycles. The summed E-state index contributed by atoms with van der Waals surface area (Å²) in [6.07, 6.45) is 6.91. The van der Waals surface area contributed by atoms with Gasteiger partial charge in [0, 0.05) is 47.9 Å². The summed E-state index contributed by atoms with van der Waals surface area (Å²) in [5.74, 6) is 0. The van der Waals surface area contributed by atoms with Gasteiger partial charge in [0.1, 0.15) is 0 Å². The maximum Gasteiger partial charge on any atom is 0.0541 e. The van der Waals surface area contributed by atoms with Crippen molar-refractivity contribution in [3.8, 4) is 0 Å². The maximum absolute atomic E-state index is 6.40. The molecule has 2 N–H and O–H groups in total. The van der Waals surface area contributed by atoms with Gasteiger partial charge in [-0.15, -0.1) is 11.3 Å².